The van der Waals surface area contributed by atoms with Gasteiger partial charge in [0.05, 0.1) is 11.9 Å². The Balaban J connectivity index is 1.89. The van der Waals surface area contributed by atoms with E-state index in [1.165, 1.54) is 23.1 Å². The third-order valence-electron chi connectivity index (χ3n) is 6.16. The van der Waals surface area contributed by atoms with Gasteiger partial charge in [-0.2, -0.15) is 0 Å². The number of carbonyl (C=O) groups excluding carboxylic acids is 2. The maximum absolute atomic E-state index is 13.6. The fraction of sp³-hybridized carbons (Fsp3) is 0.440. The third kappa shape index (κ3) is 7.59. The molecule has 1 fully saturated rings. The zero-order valence-electron chi connectivity index (χ0n) is 20.1. The second-order valence-electron chi connectivity index (χ2n) is 9.07. The van der Waals surface area contributed by atoms with Crippen LogP contribution in [0.15, 0.2) is 42.5 Å². The van der Waals surface area contributed by atoms with E-state index in [1.54, 1.807) is 6.92 Å². The summed E-state index contributed by atoms with van der Waals surface area (Å²) in [5.74, 6) is -0.768. The number of rotatable bonds is 9. The van der Waals surface area contributed by atoms with E-state index in [2.05, 4.69) is 5.32 Å². The Morgan fingerprint density at radius 1 is 1.06 bits per heavy atom. The average Bonchev–Trinajstić information content (AvgIpc) is 3.28. The van der Waals surface area contributed by atoms with Gasteiger partial charge in [-0.3, -0.25) is 13.9 Å². The first-order chi connectivity index (χ1) is 16.4. The van der Waals surface area contributed by atoms with Crippen LogP contribution in [0.1, 0.15) is 43.7 Å². The molecule has 2 aromatic rings. The SMILES string of the molecule is Cc1ccc(CN(C(=O)CN(c2cc(Cl)cc(Cl)c2)S(C)(=O)=O)[C@@H](C)C(=O)NC2CCCC2)cc1. The highest BCUT2D eigenvalue weighted by Gasteiger charge is 2.31. The molecule has 0 aliphatic heterocycles. The molecule has 10 heteroatoms. The number of benzene rings is 2. The molecule has 0 heterocycles. The predicted octanol–water partition coefficient (Wildman–Crippen LogP) is 4.54. The Bertz CT molecular complexity index is 1150. The van der Waals surface area contributed by atoms with Crippen molar-refractivity contribution in [2.24, 2.45) is 0 Å². The number of amides is 2. The van der Waals surface area contributed by atoms with Crippen molar-refractivity contribution in [1.29, 1.82) is 0 Å². The first-order valence-electron chi connectivity index (χ1n) is 11.5. The van der Waals surface area contributed by atoms with Crippen LogP contribution in [0.3, 0.4) is 0 Å². The molecule has 35 heavy (non-hydrogen) atoms. The number of nitrogens with one attached hydrogen (secondary N) is 1. The van der Waals surface area contributed by atoms with Crippen LogP contribution in [0.5, 0.6) is 0 Å². The molecule has 1 atom stereocenters. The van der Waals surface area contributed by atoms with E-state index in [0.717, 1.165) is 47.4 Å². The first-order valence-corrected chi connectivity index (χ1v) is 14.1. The molecular formula is C25H31Cl2N3O4S. The lowest BCUT2D eigenvalue weighted by atomic mass is 10.1. The number of aryl methyl sites for hydroxylation is 1. The summed E-state index contributed by atoms with van der Waals surface area (Å²) in [6.45, 7) is 3.29. The minimum absolute atomic E-state index is 0.0994. The molecule has 1 N–H and O–H groups in total. The van der Waals surface area contributed by atoms with Gasteiger partial charge in [0.2, 0.25) is 21.8 Å². The Morgan fingerprint density at radius 3 is 2.17 bits per heavy atom. The van der Waals surface area contributed by atoms with E-state index in [1.807, 2.05) is 31.2 Å². The molecular weight excluding hydrogens is 509 g/mol. The quantitative estimate of drug-likeness (QED) is 0.506. The average molecular weight is 541 g/mol. The van der Waals surface area contributed by atoms with Gasteiger partial charge < -0.3 is 10.2 Å². The van der Waals surface area contributed by atoms with E-state index in [0.29, 0.717) is 0 Å². The smallest absolute Gasteiger partial charge is 0.244 e. The monoisotopic (exact) mass is 539 g/mol. The topological polar surface area (TPSA) is 86.8 Å². The van der Waals surface area contributed by atoms with Gasteiger partial charge in [0.25, 0.3) is 0 Å². The lowest BCUT2D eigenvalue weighted by molar-refractivity contribution is -0.139. The lowest BCUT2D eigenvalue weighted by Gasteiger charge is -2.32. The summed E-state index contributed by atoms with van der Waals surface area (Å²) >= 11 is 12.2. The summed E-state index contributed by atoms with van der Waals surface area (Å²) in [7, 11) is -3.86. The summed E-state index contributed by atoms with van der Waals surface area (Å²) in [4.78, 5) is 28.0. The predicted molar refractivity (Wildman–Crippen MR) is 140 cm³/mol. The Hall–Kier alpha value is -2.29. The van der Waals surface area contributed by atoms with E-state index in [9.17, 15) is 18.0 Å². The van der Waals surface area contributed by atoms with Gasteiger partial charge in [-0.15, -0.1) is 0 Å². The van der Waals surface area contributed by atoms with Crippen LogP contribution in [0.2, 0.25) is 10.0 Å². The number of anilines is 1. The maximum Gasteiger partial charge on any atom is 0.244 e. The van der Waals surface area contributed by atoms with Gasteiger partial charge in [0.1, 0.15) is 12.6 Å². The van der Waals surface area contributed by atoms with E-state index in [4.69, 9.17) is 23.2 Å². The first kappa shape index (κ1) is 27.3. The second kappa shape index (κ2) is 11.6. The standard InChI is InChI=1S/C25H31Cl2N3O4S/c1-17-8-10-19(11-9-17)15-29(18(2)25(32)28-22-6-4-5-7-22)24(31)16-30(35(3,33)34)23-13-20(26)12-21(27)14-23/h8-14,18,22H,4-7,15-16H2,1-3H3,(H,28,32)/t18-/m0/s1. The number of sulfonamides is 1. The number of carbonyl (C=O) groups is 2. The highest BCUT2D eigenvalue weighted by atomic mass is 35.5. The summed E-state index contributed by atoms with van der Waals surface area (Å²) in [5, 5.41) is 3.53. The maximum atomic E-state index is 13.6. The summed E-state index contributed by atoms with van der Waals surface area (Å²) in [6, 6.07) is 11.3. The van der Waals surface area contributed by atoms with Crippen molar-refractivity contribution < 1.29 is 18.0 Å². The van der Waals surface area contributed by atoms with Crippen molar-refractivity contribution in [3.05, 3.63) is 63.6 Å². The molecule has 1 saturated carbocycles. The summed E-state index contributed by atoms with van der Waals surface area (Å²) in [5.41, 5.74) is 2.08. The highest BCUT2D eigenvalue weighted by Crippen LogP contribution is 2.27. The van der Waals surface area contributed by atoms with Crippen LogP contribution in [0.4, 0.5) is 5.69 Å². The van der Waals surface area contributed by atoms with Crippen molar-refractivity contribution in [2.45, 2.75) is 58.2 Å². The molecule has 190 valence electrons. The fourth-order valence-electron chi connectivity index (χ4n) is 4.16. The van der Waals surface area contributed by atoms with E-state index >= 15 is 0 Å². The number of nitrogens with zero attached hydrogens (tertiary/aromatic N) is 2. The molecule has 0 unspecified atom stereocenters. The van der Waals surface area contributed by atoms with Crippen molar-refractivity contribution in [1.82, 2.24) is 10.2 Å². The molecule has 0 saturated heterocycles. The molecule has 3 rings (SSSR count). The number of halogens is 2. The summed E-state index contributed by atoms with van der Waals surface area (Å²) < 4.78 is 26.2. The van der Waals surface area contributed by atoms with Crippen LogP contribution in [-0.4, -0.2) is 50.0 Å². The van der Waals surface area contributed by atoms with Gasteiger partial charge in [0.15, 0.2) is 0 Å². The molecule has 0 aromatic heterocycles. The van der Waals surface area contributed by atoms with Crippen LogP contribution in [0.25, 0.3) is 0 Å². The van der Waals surface area contributed by atoms with Crippen LogP contribution >= 0.6 is 23.2 Å². The number of hydrogen-bond donors (Lipinski definition) is 1. The van der Waals surface area contributed by atoms with E-state index in [-0.39, 0.29) is 34.2 Å². The Labute approximate surface area is 217 Å². The molecule has 1 aliphatic rings. The van der Waals surface area contributed by atoms with Gasteiger partial charge in [0, 0.05) is 22.6 Å². The van der Waals surface area contributed by atoms with Crippen molar-refractivity contribution in [3.63, 3.8) is 0 Å². The van der Waals surface area contributed by atoms with Crippen LogP contribution in [-0.2, 0) is 26.2 Å². The molecule has 2 amide bonds. The zero-order valence-corrected chi connectivity index (χ0v) is 22.5. The van der Waals surface area contributed by atoms with Gasteiger partial charge in [-0.05, 0) is 50.5 Å². The minimum Gasteiger partial charge on any atom is -0.352 e. The summed E-state index contributed by atoms with van der Waals surface area (Å²) in [6.07, 6.45) is 4.98. The third-order valence-corrected chi connectivity index (χ3v) is 7.73. The molecule has 1 aliphatic carbocycles. The molecule has 0 radical (unpaired) electrons. The van der Waals surface area contributed by atoms with Crippen LogP contribution in [0, 0.1) is 6.92 Å². The second-order valence-corrected chi connectivity index (χ2v) is 11.9. The number of hydrogen-bond acceptors (Lipinski definition) is 4. The minimum atomic E-state index is -3.86. The lowest BCUT2D eigenvalue weighted by Crippen LogP contribution is -2.52. The van der Waals surface area contributed by atoms with E-state index < -0.39 is 28.5 Å². The van der Waals surface area contributed by atoms with Crippen molar-refractivity contribution >= 4 is 50.7 Å². The highest BCUT2D eigenvalue weighted by molar-refractivity contribution is 7.92. The van der Waals surface area contributed by atoms with Gasteiger partial charge in [-0.1, -0.05) is 65.9 Å². The zero-order chi connectivity index (χ0) is 25.8. The molecule has 2 aromatic carbocycles. The fourth-order valence-corrected chi connectivity index (χ4v) is 5.51. The molecule has 0 bridgehead atoms. The molecule has 0 spiro atoms. The van der Waals surface area contributed by atoms with Crippen LogP contribution < -0.4 is 9.62 Å². The normalized spacial score (nSPS) is 15.0. The largest absolute Gasteiger partial charge is 0.352 e. The Morgan fingerprint density at radius 2 is 1.63 bits per heavy atom. The van der Waals surface area contributed by atoms with Gasteiger partial charge >= 0.3 is 0 Å². The van der Waals surface area contributed by atoms with Gasteiger partial charge in [-0.25, -0.2) is 8.42 Å². The molecule has 7 nitrogen and oxygen atoms in total. The Kier molecular flexibility index (Phi) is 9.07. The van der Waals surface area contributed by atoms with Crippen molar-refractivity contribution in [3.8, 4) is 0 Å². The van der Waals surface area contributed by atoms with Crippen molar-refractivity contribution in [2.75, 3.05) is 17.1 Å².